The maximum atomic E-state index is 13.4. The summed E-state index contributed by atoms with van der Waals surface area (Å²) < 4.78 is 40.0. The molecule has 1 aliphatic carbocycles. The third kappa shape index (κ3) is 5.08. The molecule has 1 aromatic carbocycles. The lowest BCUT2D eigenvalue weighted by Crippen LogP contribution is -2.21. The maximum Gasteiger partial charge on any atom is 0.237 e. The zero-order valence-corrected chi connectivity index (χ0v) is 18.3. The summed E-state index contributed by atoms with van der Waals surface area (Å²) in [6.45, 7) is 1.87. The van der Waals surface area contributed by atoms with Crippen molar-refractivity contribution in [3.8, 4) is 11.1 Å². The lowest BCUT2D eigenvalue weighted by atomic mass is 10.0. The van der Waals surface area contributed by atoms with Crippen molar-refractivity contribution in [1.82, 2.24) is 9.97 Å². The Morgan fingerprint density at radius 2 is 1.97 bits per heavy atom. The minimum atomic E-state index is -3.39. The van der Waals surface area contributed by atoms with E-state index in [4.69, 9.17) is 0 Å². The van der Waals surface area contributed by atoms with Crippen LogP contribution in [0.2, 0.25) is 0 Å². The van der Waals surface area contributed by atoms with Gasteiger partial charge in [-0.1, -0.05) is 19.1 Å². The van der Waals surface area contributed by atoms with Crippen LogP contribution in [0.3, 0.4) is 0 Å². The molecule has 0 spiro atoms. The second-order valence-corrected chi connectivity index (χ2v) is 10.2. The highest BCUT2D eigenvalue weighted by atomic mass is 32.2. The van der Waals surface area contributed by atoms with Crippen molar-refractivity contribution in [2.24, 2.45) is 0 Å². The zero-order valence-electron chi connectivity index (χ0n) is 16.7. The first-order chi connectivity index (χ1) is 14.9. The van der Waals surface area contributed by atoms with E-state index in [1.54, 1.807) is 35.8 Å². The van der Waals surface area contributed by atoms with Gasteiger partial charge in [-0.2, -0.15) is 0 Å². The molecular weight excluding hydrogens is 439 g/mol. The Balaban J connectivity index is 1.43. The molecule has 31 heavy (non-hydrogen) atoms. The number of amides is 1. The minimum absolute atomic E-state index is 0.232. The summed E-state index contributed by atoms with van der Waals surface area (Å²) in [5, 5.41) is 4.51. The van der Waals surface area contributed by atoms with Crippen LogP contribution in [-0.2, 0) is 14.8 Å². The highest BCUT2D eigenvalue weighted by Gasteiger charge is 2.36. The van der Waals surface area contributed by atoms with Crippen LogP contribution in [0.15, 0.2) is 48.1 Å². The number of nitrogens with zero attached hydrogens (tertiary/aromatic N) is 2. The number of hydrogen-bond donors (Lipinski definition) is 2. The molecule has 2 N–H and O–H groups in total. The summed E-state index contributed by atoms with van der Waals surface area (Å²) >= 11 is 1.17. The predicted molar refractivity (Wildman–Crippen MR) is 119 cm³/mol. The van der Waals surface area contributed by atoms with Crippen LogP contribution in [0.5, 0.6) is 0 Å². The standard InChI is InChI=1S/C21H21FN4O3S2/c1-2-18(19-12-30-21(25-19)26-31(28,29)17-7-8-17)20(27)24-16-5-3-13(4-6-16)14-9-15(22)11-23-10-14/h3-6,9-12,17-18H,2,7-8H2,1H3,(H,24,27)(H,25,26)/t18-/m1/s1. The molecule has 162 valence electrons. The molecule has 2 aromatic heterocycles. The Labute approximate surface area is 183 Å². The zero-order chi connectivity index (χ0) is 22.0. The number of nitrogens with one attached hydrogen (secondary N) is 2. The second kappa shape index (κ2) is 8.72. The van der Waals surface area contributed by atoms with E-state index in [2.05, 4.69) is 20.0 Å². The van der Waals surface area contributed by atoms with Gasteiger partial charge in [-0.25, -0.2) is 17.8 Å². The van der Waals surface area contributed by atoms with E-state index >= 15 is 0 Å². The molecule has 1 fully saturated rings. The van der Waals surface area contributed by atoms with Crippen LogP contribution in [0.1, 0.15) is 37.8 Å². The summed E-state index contributed by atoms with van der Waals surface area (Å²) in [4.78, 5) is 21.0. The minimum Gasteiger partial charge on any atom is -0.326 e. The van der Waals surface area contributed by atoms with Gasteiger partial charge in [0.1, 0.15) is 5.82 Å². The van der Waals surface area contributed by atoms with Gasteiger partial charge in [0.15, 0.2) is 5.13 Å². The van der Waals surface area contributed by atoms with Crippen molar-refractivity contribution in [2.75, 3.05) is 10.0 Å². The molecule has 0 bridgehead atoms. The van der Waals surface area contributed by atoms with E-state index in [1.807, 2.05) is 6.92 Å². The molecule has 3 aromatic rings. The van der Waals surface area contributed by atoms with Crippen molar-refractivity contribution in [3.63, 3.8) is 0 Å². The van der Waals surface area contributed by atoms with Gasteiger partial charge in [0.25, 0.3) is 0 Å². The quantitative estimate of drug-likeness (QED) is 0.520. The number of thiazole rings is 1. The van der Waals surface area contributed by atoms with Crippen LogP contribution in [0.25, 0.3) is 11.1 Å². The van der Waals surface area contributed by atoms with E-state index in [-0.39, 0.29) is 16.3 Å². The number of rotatable bonds is 8. The van der Waals surface area contributed by atoms with Crippen molar-refractivity contribution in [3.05, 3.63) is 59.6 Å². The number of benzene rings is 1. The molecule has 10 heteroatoms. The van der Waals surface area contributed by atoms with Gasteiger partial charge in [0, 0.05) is 22.8 Å². The summed E-state index contributed by atoms with van der Waals surface area (Å²) in [6, 6.07) is 8.43. The Kier molecular flexibility index (Phi) is 6.01. The Morgan fingerprint density at radius 3 is 2.61 bits per heavy atom. The Hall–Kier alpha value is -2.85. The van der Waals surface area contributed by atoms with Gasteiger partial charge < -0.3 is 5.32 Å². The van der Waals surface area contributed by atoms with Gasteiger partial charge in [-0.3, -0.25) is 14.5 Å². The molecule has 7 nitrogen and oxygen atoms in total. The van der Waals surface area contributed by atoms with Gasteiger partial charge in [0.2, 0.25) is 15.9 Å². The molecule has 1 amide bonds. The van der Waals surface area contributed by atoms with Crippen molar-refractivity contribution >= 4 is 38.1 Å². The van der Waals surface area contributed by atoms with E-state index in [0.29, 0.717) is 36.2 Å². The normalized spacial score (nSPS) is 14.8. The molecule has 0 radical (unpaired) electrons. The van der Waals surface area contributed by atoms with Crippen molar-refractivity contribution in [1.29, 1.82) is 0 Å². The topological polar surface area (TPSA) is 101 Å². The first-order valence-corrected chi connectivity index (χ1v) is 12.3. The van der Waals surface area contributed by atoms with Crippen molar-refractivity contribution in [2.45, 2.75) is 37.4 Å². The van der Waals surface area contributed by atoms with Crippen LogP contribution in [0.4, 0.5) is 15.2 Å². The fourth-order valence-corrected chi connectivity index (χ4v) is 5.51. The molecule has 4 rings (SSSR count). The predicted octanol–water partition coefficient (Wildman–Crippen LogP) is 4.38. The summed E-state index contributed by atoms with van der Waals surface area (Å²) in [5.41, 5.74) is 2.56. The SMILES string of the molecule is CC[C@@H](C(=O)Nc1ccc(-c2cncc(F)c2)cc1)c1csc(NS(=O)(=O)C2CC2)n1. The molecule has 1 aliphatic rings. The largest absolute Gasteiger partial charge is 0.326 e. The molecular formula is C21H21FN4O3S2. The average Bonchev–Trinajstić information content (AvgIpc) is 3.51. The van der Waals surface area contributed by atoms with Crippen LogP contribution in [0, 0.1) is 5.82 Å². The monoisotopic (exact) mass is 460 g/mol. The van der Waals surface area contributed by atoms with Crippen LogP contribution >= 0.6 is 11.3 Å². The van der Waals surface area contributed by atoms with Gasteiger partial charge in [0.05, 0.1) is 23.1 Å². The number of hydrogen-bond acceptors (Lipinski definition) is 6. The highest BCUT2D eigenvalue weighted by molar-refractivity contribution is 7.93. The van der Waals surface area contributed by atoms with Gasteiger partial charge >= 0.3 is 0 Å². The average molecular weight is 461 g/mol. The lowest BCUT2D eigenvalue weighted by Gasteiger charge is -2.13. The first kappa shape index (κ1) is 21.4. The van der Waals surface area contributed by atoms with Gasteiger partial charge in [-0.15, -0.1) is 11.3 Å². The fraction of sp³-hybridized carbons (Fsp3) is 0.286. The fourth-order valence-electron chi connectivity index (χ4n) is 3.15. The van der Waals surface area contributed by atoms with E-state index in [1.165, 1.54) is 17.4 Å². The smallest absolute Gasteiger partial charge is 0.237 e. The second-order valence-electron chi connectivity index (χ2n) is 7.34. The van der Waals surface area contributed by atoms with Crippen LogP contribution in [-0.4, -0.2) is 29.5 Å². The molecule has 0 saturated heterocycles. The van der Waals surface area contributed by atoms with Crippen LogP contribution < -0.4 is 10.0 Å². The summed E-state index contributed by atoms with van der Waals surface area (Å²) in [7, 11) is -3.39. The van der Waals surface area contributed by atoms with E-state index < -0.39 is 21.8 Å². The van der Waals surface area contributed by atoms with Crippen molar-refractivity contribution < 1.29 is 17.6 Å². The third-order valence-corrected chi connectivity index (χ3v) is 7.72. The van der Waals surface area contributed by atoms with Gasteiger partial charge in [-0.05, 0) is 43.0 Å². The number of anilines is 2. The third-order valence-electron chi connectivity index (χ3n) is 4.99. The number of halogens is 1. The number of sulfonamides is 1. The maximum absolute atomic E-state index is 13.4. The van der Waals surface area contributed by atoms with E-state index in [0.717, 1.165) is 11.8 Å². The lowest BCUT2D eigenvalue weighted by molar-refractivity contribution is -0.117. The highest BCUT2D eigenvalue weighted by Crippen LogP contribution is 2.32. The van der Waals surface area contributed by atoms with E-state index in [9.17, 15) is 17.6 Å². The molecule has 2 heterocycles. The Morgan fingerprint density at radius 1 is 1.23 bits per heavy atom. The molecule has 1 saturated carbocycles. The number of pyridine rings is 1. The summed E-state index contributed by atoms with van der Waals surface area (Å²) in [5.74, 6) is -1.16. The Bertz CT molecular complexity index is 1190. The number of aromatic nitrogens is 2. The molecule has 0 unspecified atom stereocenters. The molecule has 1 atom stereocenters. The number of carbonyl (C=O) groups excluding carboxylic acids is 1. The summed E-state index contributed by atoms with van der Waals surface area (Å²) in [6.07, 6.45) is 4.56. The molecule has 0 aliphatic heterocycles. The first-order valence-electron chi connectivity index (χ1n) is 9.84. The number of carbonyl (C=O) groups is 1.